The molecule has 132 valence electrons. The Labute approximate surface area is 145 Å². The average molecular weight is 377 g/mol. The Morgan fingerprint density at radius 3 is 2.75 bits per heavy atom. The minimum Gasteiger partial charge on any atom is -0.342 e. The first kappa shape index (κ1) is 18.7. The highest BCUT2D eigenvalue weighted by Gasteiger charge is 2.31. The summed E-state index contributed by atoms with van der Waals surface area (Å²) in [5, 5.41) is 0.0544. The van der Waals surface area contributed by atoms with E-state index in [0.29, 0.717) is 25.8 Å². The maximum absolute atomic E-state index is 13.8. The fourth-order valence-electron chi connectivity index (χ4n) is 2.61. The van der Waals surface area contributed by atoms with E-state index in [1.54, 1.807) is 11.8 Å². The fraction of sp³-hybridized carbons (Fsp3) is 0.467. The lowest BCUT2D eigenvalue weighted by Crippen LogP contribution is -2.46. The number of nitrogens with zero attached hydrogens (tertiary/aromatic N) is 1. The van der Waals surface area contributed by atoms with Gasteiger partial charge in [-0.3, -0.25) is 9.59 Å². The van der Waals surface area contributed by atoms with Crippen molar-refractivity contribution >= 4 is 33.4 Å². The van der Waals surface area contributed by atoms with Gasteiger partial charge in [0, 0.05) is 24.5 Å². The number of piperidine rings is 1. The second-order valence-electron chi connectivity index (χ2n) is 5.58. The Morgan fingerprint density at radius 1 is 1.42 bits per heavy atom. The van der Waals surface area contributed by atoms with E-state index in [-0.39, 0.29) is 17.5 Å². The van der Waals surface area contributed by atoms with Crippen LogP contribution in [-0.4, -0.2) is 38.2 Å². The number of sulfonamides is 1. The monoisotopic (exact) mass is 376 g/mol. The molecule has 1 atom stereocenters. The molecule has 1 heterocycles. The van der Waals surface area contributed by atoms with Crippen LogP contribution in [0.4, 0.5) is 4.39 Å². The first-order valence-corrected chi connectivity index (χ1v) is 9.40. The van der Waals surface area contributed by atoms with Crippen molar-refractivity contribution in [3.05, 3.63) is 29.0 Å². The average Bonchev–Trinajstić information content (AvgIpc) is 2.53. The molecule has 0 aromatic heterocycles. The maximum atomic E-state index is 13.8. The van der Waals surface area contributed by atoms with Crippen LogP contribution >= 0.6 is 11.6 Å². The van der Waals surface area contributed by atoms with Gasteiger partial charge in [-0.2, -0.15) is 0 Å². The highest BCUT2D eigenvalue weighted by atomic mass is 35.5. The number of rotatable bonds is 4. The predicted octanol–water partition coefficient (Wildman–Crippen LogP) is 1.93. The van der Waals surface area contributed by atoms with Crippen LogP contribution in [0.25, 0.3) is 0 Å². The molecular weight excluding hydrogens is 359 g/mol. The van der Waals surface area contributed by atoms with E-state index in [2.05, 4.69) is 0 Å². The highest BCUT2D eigenvalue weighted by molar-refractivity contribution is 7.90. The number of hydrogen-bond donors (Lipinski definition) is 1. The van der Waals surface area contributed by atoms with E-state index in [0.717, 1.165) is 12.1 Å². The molecular formula is C15H18ClFN2O4S. The molecule has 1 N–H and O–H groups in total. The van der Waals surface area contributed by atoms with Crippen LogP contribution in [0.15, 0.2) is 23.1 Å². The third-order valence-corrected chi connectivity index (χ3v) is 5.48. The summed E-state index contributed by atoms with van der Waals surface area (Å²) in [4.78, 5) is 24.9. The smallest absolute Gasteiger partial charge is 0.266 e. The van der Waals surface area contributed by atoms with Crippen molar-refractivity contribution in [2.24, 2.45) is 5.92 Å². The highest BCUT2D eigenvalue weighted by Crippen LogP contribution is 2.21. The van der Waals surface area contributed by atoms with Crippen molar-refractivity contribution in [3.8, 4) is 0 Å². The molecule has 2 amide bonds. The van der Waals surface area contributed by atoms with Crippen LogP contribution < -0.4 is 4.72 Å². The summed E-state index contributed by atoms with van der Waals surface area (Å²) in [5.41, 5.74) is 0. The molecule has 1 fully saturated rings. The van der Waals surface area contributed by atoms with Gasteiger partial charge >= 0.3 is 0 Å². The number of halogens is 2. The van der Waals surface area contributed by atoms with Crippen molar-refractivity contribution in [3.63, 3.8) is 0 Å². The molecule has 6 nitrogen and oxygen atoms in total. The van der Waals surface area contributed by atoms with E-state index in [9.17, 15) is 22.4 Å². The lowest BCUT2D eigenvalue weighted by Gasteiger charge is -2.31. The second-order valence-corrected chi connectivity index (χ2v) is 7.66. The number of benzene rings is 1. The van der Waals surface area contributed by atoms with Gasteiger partial charge in [0.25, 0.3) is 10.0 Å². The molecule has 9 heteroatoms. The van der Waals surface area contributed by atoms with Crippen molar-refractivity contribution < 1.29 is 22.4 Å². The minimum atomic E-state index is -4.34. The van der Waals surface area contributed by atoms with Crippen LogP contribution in [0.3, 0.4) is 0 Å². The topological polar surface area (TPSA) is 83.6 Å². The van der Waals surface area contributed by atoms with Crippen LogP contribution in [0.2, 0.25) is 5.02 Å². The molecule has 24 heavy (non-hydrogen) atoms. The van der Waals surface area contributed by atoms with Crippen molar-refractivity contribution in [1.82, 2.24) is 9.62 Å². The molecule has 0 radical (unpaired) electrons. The number of carbonyl (C=O) groups excluding carboxylic acids is 2. The molecule has 1 aliphatic heterocycles. The molecule has 0 saturated carbocycles. The Bertz CT molecular complexity index is 754. The van der Waals surface area contributed by atoms with E-state index in [1.165, 1.54) is 6.07 Å². The number of nitrogens with one attached hydrogen (secondary N) is 1. The van der Waals surface area contributed by atoms with E-state index in [4.69, 9.17) is 11.6 Å². The Kier molecular flexibility index (Phi) is 5.82. The van der Waals surface area contributed by atoms with Crippen molar-refractivity contribution in [2.75, 3.05) is 13.1 Å². The minimum absolute atomic E-state index is 0.0544. The maximum Gasteiger partial charge on any atom is 0.266 e. The summed E-state index contributed by atoms with van der Waals surface area (Å²) >= 11 is 5.59. The number of hydrogen-bond acceptors (Lipinski definition) is 4. The normalized spacial score (nSPS) is 18.3. The number of likely N-dealkylation sites (tertiary alicyclic amines) is 1. The molecule has 1 unspecified atom stereocenters. The lowest BCUT2D eigenvalue weighted by molar-refractivity contribution is -0.134. The zero-order valence-corrected chi connectivity index (χ0v) is 14.7. The van der Waals surface area contributed by atoms with Gasteiger partial charge in [-0.15, -0.1) is 0 Å². The summed E-state index contributed by atoms with van der Waals surface area (Å²) < 4.78 is 40.1. The summed E-state index contributed by atoms with van der Waals surface area (Å²) in [7, 11) is -4.34. The Balaban J connectivity index is 2.11. The van der Waals surface area contributed by atoms with Gasteiger partial charge in [0.05, 0.1) is 5.92 Å². The van der Waals surface area contributed by atoms with Gasteiger partial charge in [0.1, 0.15) is 10.7 Å². The van der Waals surface area contributed by atoms with Crippen LogP contribution in [0, 0.1) is 11.7 Å². The molecule has 2 rings (SSSR count). The molecule has 0 aliphatic carbocycles. The largest absolute Gasteiger partial charge is 0.342 e. The first-order chi connectivity index (χ1) is 11.2. The standard InChI is InChI=1S/C15H18ClFN2O4S/c1-2-14(20)19-7-3-4-10(9-19)15(21)18-24(22,23)13-6-5-11(16)8-12(13)17/h5-6,8,10H,2-4,7,9H2,1H3,(H,18,21). The quantitative estimate of drug-likeness (QED) is 0.870. The molecule has 1 aromatic carbocycles. The van der Waals surface area contributed by atoms with E-state index in [1.807, 2.05) is 4.72 Å². The zero-order chi connectivity index (χ0) is 17.9. The third-order valence-electron chi connectivity index (χ3n) is 3.87. The van der Waals surface area contributed by atoms with Gasteiger partial charge in [0.2, 0.25) is 11.8 Å². The molecule has 0 spiro atoms. The Morgan fingerprint density at radius 2 is 2.12 bits per heavy atom. The van der Waals surface area contributed by atoms with E-state index < -0.39 is 32.6 Å². The summed E-state index contributed by atoms with van der Waals surface area (Å²) in [6.07, 6.45) is 1.40. The van der Waals surface area contributed by atoms with Crippen molar-refractivity contribution in [1.29, 1.82) is 0 Å². The second kappa shape index (κ2) is 7.48. The first-order valence-electron chi connectivity index (χ1n) is 7.54. The van der Waals surface area contributed by atoms with Gasteiger partial charge in [0.15, 0.2) is 0 Å². The molecule has 1 aliphatic rings. The van der Waals surface area contributed by atoms with Crippen molar-refractivity contribution in [2.45, 2.75) is 31.1 Å². The molecule has 1 saturated heterocycles. The van der Waals surface area contributed by atoms with Crippen LogP contribution in [0.5, 0.6) is 0 Å². The SMILES string of the molecule is CCC(=O)N1CCCC(C(=O)NS(=O)(=O)c2ccc(Cl)cc2F)C1. The third kappa shape index (κ3) is 4.24. The zero-order valence-electron chi connectivity index (χ0n) is 13.1. The molecule has 0 bridgehead atoms. The van der Waals surface area contributed by atoms with Gasteiger partial charge in [-0.05, 0) is 31.0 Å². The van der Waals surface area contributed by atoms with E-state index >= 15 is 0 Å². The summed E-state index contributed by atoms with van der Waals surface area (Å²) in [6, 6.07) is 3.09. The van der Waals surface area contributed by atoms with Gasteiger partial charge in [-0.1, -0.05) is 18.5 Å². The van der Waals surface area contributed by atoms with Gasteiger partial charge in [-0.25, -0.2) is 17.5 Å². The van der Waals surface area contributed by atoms with Crippen LogP contribution in [0.1, 0.15) is 26.2 Å². The van der Waals surface area contributed by atoms with Crippen LogP contribution in [-0.2, 0) is 19.6 Å². The Hall–Kier alpha value is -1.67. The molecule has 1 aromatic rings. The number of amides is 2. The predicted molar refractivity (Wildman–Crippen MR) is 86.3 cm³/mol. The lowest BCUT2D eigenvalue weighted by atomic mass is 9.97. The summed E-state index contributed by atoms with van der Waals surface area (Å²) in [5.74, 6) is -2.49. The summed E-state index contributed by atoms with van der Waals surface area (Å²) in [6.45, 7) is 2.44. The number of carbonyl (C=O) groups is 2. The van der Waals surface area contributed by atoms with Gasteiger partial charge < -0.3 is 4.90 Å². The fourth-order valence-corrected chi connectivity index (χ4v) is 3.87.